The first kappa shape index (κ1) is 77.6. The first-order valence-corrected chi connectivity index (χ1v) is 39.9. The van der Waals surface area contributed by atoms with Crippen molar-refractivity contribution in [3.63, 3.8) is 0 Å². The predicted octanol–water partition coefficient (Wildman–Crippen LogP) is 25.0. The fourth-order valence-corrected chi connectivity index (χ4v) is 16.9. The lowest BCUT2D eigenvalue weighted by Crippen LogP contribution is -2.43. The fourth-order valence-electron chi connectivity index (χ4n) is 15.9. The Morgan fingerprint density at radius 1 is 0.442 bits per heavy atom. The van der Waals surface area contributed by atoms with E-state index >= 15 is 13.2 Å². The van der Waals surface area contributed by atoms with Gasteiger partial charge in [0, 0.05) is 67.5 Å². The highest BCUT2D eigenvalue weighted by molar-refractivity contribution is 7.14. The van der Waals surface area contributed by atoms with Crippen LogP contribution in [0.5, 0.6) is 23.0 Å². The SMILES string of the molecule is CCN(CCOC(=O)c1cc(OCc2c3ccccc3cc3ccccc23)cc(OCc2c3ccccc3cc3ccccc23)c1)c1ccc(/C=C/c2sc(/C=C/C3=C(C#N)C(=C(C#N)C#N)OC3(C)C(F)(F)F)cc2COC(=O)c2cc(OCc3c4ccccc4cc4ccccc34)cc(OCc3c4ccccc4cc4ccccc34)c2)cc1. The number of anilines is 1. The Labute approximate surface area is 693 Å². The van der Waals surface area contributed by atoms with Gasteiger partial charge < -0.3 is 38.1 Å². The largest absolute Gasteiger partial charge is 0.489 e. The lowest BCUT2D eigenvalue weighted by atomic mass is 9.92. The summed E-state index contributed by atoms with van der Waals surface area (Å²) in [6, 6.07) is 98.3. The summed E-state index contributed by atoms with van der Waals surface area (Å²) in [6.45, 7) is 4.02. The van der Waals surface area contributed by atoms with Crippen LogP contribution in [0, 0.1) is 34.0 Å². The number of thiophene rings is 1. The van der Waals surface area contributed by atoms with Crippen molar-refractivity contribution in [3.05, 3.63) is 368 Å². The summed E-state index contributed by atoms with van der Waals surface area (Å²) in [5.41, 5.74) is 1.20. The van der Waals surface area contributed by atoms with Gasteiger partial charge in [-0.3, -0.25) is 0 Å². The molecule has 13 nitrogen and oxygen atoms in total. The zero-order valence-electron chi connectivity index (χ0n) is 65.1. The van der Waals surface area contributed by atoms with Crippen LogP contribution < -0.4 is 23.8 Å². The molecule has 0 amide bonds. The van der Waals surface area contributed by atoms with E-state index in [1.165, 1.54) is 17.4 Å². The van der Waals surface area contributed by atoms with Crippen molar-refractivity contribution in [3.8, 4) is 41.2 Å². The second-order valence-corrected chi connectivity index (χ2v) is 30.4. The quantitative estimate of drug-likeness (QED) is 0.0301. The molecule has 0 bridgehead atoms. The van der Waals surface area contributed by atoms with E-state index in [4.69, 9.17) is 33.2 Å². The van der Waals surface area contributed by atoms with Gasteiger partial charge in [0.1, 0.15) is 86.4 Å². The number of alkyl halides is 3. The molecule has 1 aliphatic rings. The van der Waals surface area contributed by atoms with Crippen LogP contribution in [-0.2, 0) is 47.2 Å². The van der Waals surface area contributed by atoms with Gasteiger partial charge >= 0.3 is 18.1 Å². The molecule has 0 fully saturated rings. The molecule has 0 saturated carbocycles. The van der Waals surface area contributed by atoms with E-state index in [0.717, 1.165) is 133 Å². The number of nitriles is 3. The Kier molecular flexibility index (Phi) is 21.8. The maximum atomic E-state index is 15.1. The van der Waals surface area contributed by atoms with Crippen molar-refractivity contribution in [1.82, 2.24) is 0 Å². The number of rotatable bonds is 25. The number of benzene rings is 15. The minimum atomic E-state index is -5.10. The van der Waals surface area contributed by atoms with Crippen LogP contribution in [0.4, 0.5) is 18.9 Å². The average molecular weight is 1600 g/mol. The van der Waals surface area contributed by atoms with Gasteiger partial charge in [-0.2, -0.15) is 29.0 Å². The Morgan fingerprint density at radius 2 is 0.800 bits per heavy atom. The van der Waals surface area contributed by atoms with Gasteiger partial charge in [-0.25, -0.2) is 9.59 Å². The summed E-state index contributed by atoms with van der Waals surface area (Å²) in [6.07, 6.45) is 1.03. The number of carbonyl (C=O) groups excluding carboxylic acids is 2. The molecule has 17 heteroatoms. The molecule has 0 saturated heterocycles. The van der Waals surface area contributed by atoms with Crippen molar-refractivity contribution in [2.45, 2.75) is 58.7 Å². The molecular formula is C103H73F3N4O9S. The van der Waals surface area contributed by atoms with Crippen LogP contribution in [0.25, 0.3) is 104 Å². The summed E-state index contributed by atoms with van der Waals surface area (Å²) in [5, 5.41) is 46.6. The van der Waals surface area contributed by atoms with E-state index in [0.29, 0.717) is 51.4 Å². The summed E-state index contributed by atoms with van der Waals surface area (Å²) in [5.74, 6) is -0.558. The molecule has 15 aromatic carbocycles. The second kappa shape index (κ2) is 33.7. The molecular weight excluding hydrogens is 1530 g/mol. The average Bonchev–Trinajstić information content (AvgIpc) is 1.60. The maximum Gasteiger partial charge on any atom is 0.432 e. The van der Waals surface area contributed by atoms with Gasteiger partial charge in [-0.05, 0) is 184 Å². The van der Waals surface area contributed by atoms with Gasteiger partial charge in [-0.15, -0.1) is 11.3 Å². The lowest BCUT2D eigenvalue weighted by Gasteiger charge is -2.28. The number of nitrogens with zero attached hydrogens (tertiary/aromatic N) is 4. The van der Waals surface area contributed by atoms with E-state index < -0.39 is 46.2 Å². The third-order valence-corrected chi connectivity index (χ3v) is 23.1. The highest BCUT2D eigenvalue weighted by Crippen LogP contribution is 2.50. The first-order valence-electron chi connectivity index (χ1n) is 39.1. The van der Waals surface area contributed by atoms with Gasteiger partial charge in [0.15, 0.2) is 11.3 Å². The fraction of sp³-hybridized carbons (Fsp3) is 0.117. The predicted molar refractivity (Wildman–Crippen MR) is 468 cm³/mol. The van der Waals surface area contributed by atoms with Gasteiger partial charge in [0.25, 0.3) is 0 Å². The molecule has 1 aromatic heterocycles. The van der Waals surface area contributed by atoms with E-state index in [9.17, 15) is 25.4 Å². The Morgan fingerprint density at radius 3 is 1.14 bits per heavy atom. The second-order valence-electron chi connectivity index (χ2n) is 29.3. The van der Waals surface area contributed by atoms with Crippen LogP contribution in [0.3, 0.4) is 0 Å². The molecule has 0 radical (unpaired) electrons. The van der Waals surface area contributed by atoms with Gasteiger partial charge in [-0.1, -0.05) is 218 Å². The standard InChI is InChI=1S/C103H73F3N4O9S/c1-3-110(44-45-113-100(111)74-50-79(114-61-93-84-28-12-4-20-66(84)46-67-21-5-13-29-85(67)93)55-80(51-74)115-62-94-86-30-14-6-22-68(86)47-69-23-7-15-31-87(69)94)78-39-36-65(37-40-78)38-43-98-76(54-83(120-98)41-42-97-92(59-109)99(77(57-107)58-108)119-102(97,2)103(104,105)106)60-118-101(112)75-52-81(116-63-95-88-32-16-8-24-70(88)48-71-25-9-17-33-89(71)95)56-82(53-75)117-64-96-90-34-18-10-26-72(90)49-73-27-11-19-35-91(73)96/h4-43,46-56H,3,44-45,60-64H2,1-2H3/b42-41+,43-38+. The van der Waals surface area contributed by atoms with Crippen LogP contribution in [0.2, 0.25) is 0 Å². The van der Waals surface area contributed by atoms with Crippen molar-refractivity contribution in [1.29, 1.82) is 15.8 Å². The van der Waals surface area contributed by atoms with Crippen molar-refractivity contribution >= 4 is 133 Å². The molecule has 2 heterocycles. The molecule has 1 unspecified atom stereocenters. The summed E-state index contributed by atoms with van der Waals surface area (Å²) in [4.78, 5) is 32.3. The number of carbonyl (C=O) groups is 2. The van der Waals surface area contributed by atoms with Gasteiger partial charge in [0.2, 0.25) is 5.60 Å². The Balaban J connectivity index is 0.640. The number of fused-ring (bicyclic) bond motifs is 8. The van der Waals surface area contributed by atoms with Crippen LogP contribution in [-0.4, -0.2) is 43.4 Å². The number of allylic oxidation sites excluding steroid dienone is 2. The highest BCUT2D eigenvalue weighted by Gasteiger charge is 2.61. The van der Waals surface area contributed by atoms with Crippen LogP contribution >= 0.6 is 11.3 Å². The van der Waals surface area contributed by atoms with Gasteiger partial charge in [0.05, 0.1) is 17.7 Å². The van der Waals surface area contributed by atoms with Crippen molar-refractivity contribution in [2.75, 3.05) is 24.6 Å². The molecule has 0 N–H and O–H groups in total. The molecule has 0 spiro atoms. The molecule has 17 rings (SSSR count). The molecule has 1 atom stereocenters. The van der Waals surface area contributed by atoms with E-state index in [2.05, 4.69) is 126 Å². The van der Waals surface area contributed by atoms with E-state index in [1.54, 1.807) is 54.6 Å². The zero-order chi connectivity index (χ0) is 82.4. The third-order valence-electron chi connectivity index (χ3n) is 22.0. The third kappa shape index (κ3) is 15.9. The van der Waals surface area contributed by atoms with Crippen LogP contribution in [0.1, 0.15) is 77.7 Å². The van der Waals surface area contributed by atoms with Crippen molar-refractivity contribution in [2.24, 2.45) is 0 Å². The first-order chi connectivity index (χ1) is 58.6. The number of esters is 2. The lowest BCUT2D eigenvalue weighted by molar-refractivity contribution is -0.236. The zero-order valence-corrected chi connectivity index (χ0v) is 65.9. The minimum Gasteiger partial charge on any atom is -0.489 e. The van der Waals surface area contributed by atoms with E-state index in [1.807, 2.05) is 146 Å². The monoisotopic (exact) mass is 1600 g/mol. The Bertz CT molecular complexity index is 6530. The smallest absolute Gasteiger partial charge is 0.432 e. The molecule has 0 aliphatic carbocycles. The maximum absolute atomic E-state index is 15.1. The molecule has 120 heavy (non-hydrogen) atoms. The molecule has 586 valence electrons. The van der Waals surface area contributed by atoms with Crippen LogP contribution in [0.15, 0.2) is 314 Å². The Hall–Kier alpha value is -15.0. The van der Waals surface area contributed by atoms with E-state index in [-0.39, 0.29) is 50.8 Å². The molecule has 1 aliphatic heterocycles. The number of hydrogen-bond donors (Lipinski definition) is 0. The summed E-state index contributed by atoms with van der Waals surface area (Å²) in [7, 11) is 0. The summed E-state index contributed by atoms with van der Waals surface area (Å²) < 4.78 is 89.9. The number of halogens is 3. The number of ether oxygens (including phenoxy) is 7. The number of likely N-dealkylation sites (N-methyl/N-ethyl adjacent to an activating group) is 1. The molecule has 16 aromatic rings. The summed E-state index contributed by atoms with van der Waals surface area (Å²) >= 11 is 1.17. The normalized spacial score (nSPS) is 13.5. The minimum absolute atomic E-state index is 0.0273. The highest BCUT2D eigenvalue weighted by atomic mass is 32.1. The number of hydrogen-bond acceptors (Lipinski definition) is 14. The van der Waals surface area contributed by atoms with Crippen molar-refractivity contribution < 1.29 is 55.9 Å². The topological polar surface area (TPSA) is 173 Å².